The number of carbonyl (C=O) groups excluding carboxylic acids is 2. The van der Waals surface area contributed by atoms with Gasteiger partial charge in [-0.1, -0.05) is 26.2 Å². The Bertz CT molecular complexity index is 611. The molecule has 1 N–H and O–H groups in total. The number of rotatable bonds is 8. The zero-order valence-electron chi connectivity index (χ0n) is 15.5. The zero-order chi connectivity index (χ0) is 18.4. The van der Waals surface area contributed by atoms with Crippen LogP contribution >= 0.6 is 0 Å². The molecule has 2 heterocycles. The summed E-state index contributed by atoms with van der Waals surface area (Å²) < 4.78 is 11.1. The van der Waals surface area contributed by atoms with Gasteiger partial charge in [-0.2, -0.15) is 0 Å². The average molecular weight is 361 g/mol. The smallest absolute Gasteiger partial charge is 0.292 e. The maximum Gasteiger partial charge on any atom is 0.292 e. The standard InChI is InChI=1S/C20H28N2O4/c1-2-3-4-5-12-26-17-8-6-16(7-9-17)22-19(23)15-18(20(22)24)21-10-13-25-14-11-21/h6-9,18H,2-5,10-15H2,1H3/p+1/t18-/m0/s1. The molecule has 1 atom stereocenters. The molecule has 0 bridgehead atoms. The number of hydrogen-bond donors (Lipinski definition) is 1. The van der Waals surface area contributed by atoms with Crippen LogP contribution in [0, 0.1) is 0 Å². The van der Waals surface area contributed by atoms with Crippen molar-refractivity contribution in [1.82, 2.24) is 0 Å². The normalized spacial score (nSPS) is 21.4. The largest absolute Gasteiger partial charge is 0.494 e. The third-order valence-corrected chi connectivity index (χ3v) is 5.14. The van der Waals surface area contributed by atoms with Crippen LogP contribution in [0.3, 0.4) is 0 Å². The van der Waals surface area contributed by atoms with Crippen molar-refractivity contribution < 1.29 is 24.0 Å². The van der Waals surface area contributed by atoms with Crippen LogP contribution in [0.5, 0.6) is 5.75 Å². The molecule has 3 rings (SSSR count). The van der Waals surface area contributed by atoms with Gasteiger partial charge in [0.1, 0.15) is 18.8 Å². The minimum Gasteiger partial charge on any atom is -0.494 e. The summed E-state index contributed by atoms with van der Waals surface area (Å²) in [5, 5.41) is 0. The summed E-state index contributed by atoms with van der Waals surface area (Å²) in [6, 6.07) is 7.00. The lowest BCUT2D eigenvalue weighted by Crippen LogP contribution is -3.18. The summed E-state index contributed by atoms with van der Waals surface area (Å²) in [6.07, 6.45) is 4.94. The van der Waals surface area contributed by atoms with E-state index in [1.807, 2.05) is 12.1 Å². The number of nitrogens with zero attached hydrogens (tertiary/aromatic N) is 1. The summed E-state index contributed by atoms with van der Waals surface area (Å²) in [5.41, 5.74) is 0.633. The van der Waals surface area contributed by atoms with Crippen LogP contribution in [0.4, 0.5) is 5.69 Å². The van der Waals surface area contributed by atoms with Gasteiger partial charge in [-0.25, -0.2) is 4.90 Å². The first-order chi connectivity index (χ1) is 12.7. The predicted octanol–water partition coefficient (Wildman–Crippen LogP) is 1.19. The third kappa shape index (κ3) is 4.43. The lowest BCUT2D eigenvalue weighted by molar-refractivity contribution is -0.922. The third-order valence-electron chi connectivity index (χ3n) is 5.14. The van der Waals surface area contributed by atoms with E-state index in [0.717, 1.165) is 30.2 Å². The first-order valence-corrected chi connectivity index (χ1v) is 9.72. The molecular weight excluding hydrogens is 332 g/mol. The monoisotopic (exact) mass is 361 g/mol. The Morgan fingerprint density at radius 2 is 1.85 bits per heavy atom. The number of quaternary nitrogens is 1. The molecule has 0 radical (unpaired) electrons. The summed E-state index contributed by atoms with van der Waals surface area (Å²) in [6.45, 7) is 5.74. The van der Waals surface area contributed by atoms with Crippen LogP contribution in [0.2, 0.25) is 0 Å². The van der Waals surface area contributed by atoms with Gasteiger partial charge in [-0.05, 0) is 30.7 Å². The SMILES string of the molecule is CCCCCCOc1ccc(N2C(=O)C[C@H]([NH+]3CCOCC3)C2=O)cc1. The topological polar surface area (TPSA) is 60.3 Å². The van der Waals surface area contributed by atoms with Crippen molar-refractivity contribution in [3.8, 4) is 5.75 Å². The zero-order valence-corrected chi connectivity index (χ0v) is 15.5. The Hall–Kier alpha value is -1.92. The molecule has 1 aromatic carbocycles. The molecule has 26 heavy (non-hydrogen) atoms. The van der Waals surface area contributed by atoms with Crippen LogP contribution in [0.1, 0.15) is 39.0 Å². The second kappa shape index (κ2) is 9.14. The van der Waals surface area contributed by atoms with Crippen molar-refractivity contribution in [2.75, 3.05) is 37.8 Å². The average Bonchev–Trinajstić information content (AvgIpc) is 2.97. The summed E-state index contributed by atoms with van der Waals surface area (Å²) >= 11 is 0. The van der Waals surface area contributed by atoms with Gasteiger partial charge in [0.25, 0.3) is 5.91 Å². The number of unbranched alkanes of at least 4 members (excludes halogenated alkanes) is 3. The van der Waals surface area contributed by atoms with Crippen molar-refractivity contribution in [3.05, 3.63) is 24.3 Å². The quantitative estimate of drug-likeness (QED) is 0.558. The molecule has 1 aromatic rings. The van der Waals surface area contributed by atoms with Gasteiger partial charge < -0.3 is 14.4 Å². The maximum atomic E-state index is 12.8. The first-order valence-electron chi connectivity index (χ1n) is 9.72. The highest BCUT2D eigenvalue weighted by Crippen LogP contribution is 2.24. The molecule has 0 spiro atoms. The Kier molecular flexibility index (Phi) is 6.63. The fourth-order valence-electron chi connectivity index (χ4n) is 3.61. The minimum absolute atomic E-state index is 0.0971. The Morgan fingerprint density at radius 1 is 1.12 bits per heavy atom. The van der Waals surface area contributed by atoms with Gasteiger partial charge in [0, 0.05) is 0 Å². The van der Waals surface area contributed by atoms with Crippen molar-refractivity contribution in [1.29, 1.82) is 0 Å². The number of imide groups is 1. The molecule has 2 saturated heterocycles. The minimum atomic E-state index is -0.277. The molecule has 2 aliphatic rings. The van der Waals surface area contributed by atoms with E-state index in [0.29, 0.717) is 25.5 Å². The van der Waals surface area contributed by atoms with Gasteiger partial charge >= 0.3 is 0 Å². The van der Waals surface area contributed by atoms with Crippen molar-refractivity contribution >= 4 is 17.5 Å². The number of amides is 2. The molecule has 142 valence electrons. The summed E-state index contributed by atoms with van der Waals surface area (Å²) in [7, 11) is 0. The molecule has 2 aliphatic heterocycles. The van der Waals surface area contributed by atoms with Gasteiger partial charge in [0.2, 0.25) is 5.91 Å². The van der Waals surface area contributed by atoms with Gasteiger partial charge in [-0.3, -0.25) is 9.59 Å². The van der Waals surface area contributed by atoms with Crippen molar-refractivity contribution in [2.24, 2.45) is 0 Å². The molecule has 0 saturated carbocycles. The molecule has 2 amide bonds. The number of ether oxygens (including phenoxy) is 2. The first kappa shape index (κ1) is 18.9. The highest BCUT2D eigenvalue weighted by molar-refractivity contribution is 6.21. The van der Waals surface area contributed by atoms with Gasteiger partial charge in [0.15, 0.2) is 6.04 Å². The van der Waals surface area contributed by atoms with Crippen molar-refractivity contribution in [3.63, 3.8) is 0 Å². The van der Waals surface area contributed by atoms with Crippen molar-refractivity contribution in [2.45, 2.75) is 45.1 Å². The maximum absolute atomic E-state index is 12.8. The lowest BCUT2D eigenvalue weighted by Gasteiger charge is -2.27. The van der Waals surface area contributed by atoms with E-state index in [9.17, 15) is 9.59 Å². The van der Waals surface area contributed by atoms with Crippen LogP contribution in [0.15, 0.2) is 24.3 Å². The van der Waals surface area contributed by atoms with E-state index in [1.165, 1.54) is 24.2 Å². The second-order valence-corrected chi connectivity index (χ2v) is 7.00. The molecular formula is C20H29N2O4+. The number of anilines is 1. The number of morpholine rings is 1. The fourth-order valence-corrected chi connectivity index (χ4v) is 3.61. The number of hydrogen-bond acceptors (Lipinski definition) is 4. The molecule has 0 aromatic heterocycles. The van der Waals surface area contributed by atoms with E-state index in [2.05, 4.69) is 6.92 Å². The van der Waals surface area contributed by atoms with E-state index in [-0.39, 0.29) is 24.3 Å². The molecule has 0 unspecified atom stereocenters. The van der Waals surface area contributed by atoms with E-state index < -0.39 is 0 Å². The molecule has 6 heteroatoms. The van der Waals surface area contributed by atoms with Crippen LogP contribution in [0.25, 0.3) is 0 Å². The second-order valence-electron chi connectivity index (χ2n) is 7.00. The molecule has 2 fully saturated rings. The van der Waals surface area contributed by atoms with Crippen LogP contribution < -0.4 is 14.5 Å². The van der Waals surface area contributed by atoms with Crippen LogP contribution in [-0.2, 0) is 14.3 Å². The van der Waals surface area contributed by atoms with Crippen LogP contribution in [-0.4, -0.2) is 50.8 Å². The number of benzene rings is 1. The number of nitrogens with one attached hydrogen (secondary N) is 1. The summed E-state index contributed by atoms with van der Waals surface area (Å²) in [5.74, 6) is 0.562. The molecule has 0 aliphatic carbocycles. The number of carbonyl (C=O) groups is 2. The van der Waals surface area contributed by atoms with Gasteiger partial charge in [-0.15, -0.1) is 0 Å². The van der Waals surface area contributed by atoms with E-state index in [4.69, 9.17) is 9.47 Å². The highest BCUT2D eigenvalue weighted by Gasteiger charge is 2.46. The van der Waals surface area contributed by atoms with E-state index in [1.54, 1.807) is 12.1 Å². The highest BCUT2D eigenvalue weighted by atomic mass is 16.5. The van der Waals surface area contributed by atoms with Gasteiger partial charge in [0.05, 0.1) is 31.9 Å². The Labute approximate surface area is 155 Å². The Balaban J connectivity index is 1.58. The Morgan fingerprint density at radius 3 is 2.54 bits per heavy atom. The lowest BCUT2D eigenvalue weighted by atomic mass is 10.2. The molecule has 6 nitrogen and oxygen atoms in total. The summed E-state index contributed by atoms with van der Waals surface area (Å²) in [4.78, 5) is 27.7. The predicted molar refractivity (Wildman–Crippen MR) is 98.5 cm³/mol. The van der Waals surface area contributed by atoms with E-state index >= 15 is 0 Å². The fraction of sp³-hybridized carbons (Fsp3) is 0.600.